The third-order valence-corrected chi connectivity index (χ3v) is 4.94. The van der Waals surface area contributed by atoms with Crippen molar-refractivity contribution in [2.45, 2.75) is 77.9 Å². The van der Waals surface area contributed by atoms with E-state index in [0.29, 0.717) is 5.92 Å². The van der Waals surface area contributed by atoms with E-state index in [4.69, 9.17) is 0 Å². The average Bonchev–Trinajstić information content (AvgIpc) is 2.39. The lowest BCUT2D eigenvalue weighted by molar-refractivity contribution is -0.0590. The zero-order valence-corrected chi connectivity index (χ0v) is 12.2. The molecule has 0 aromatic heterocycles. The van der Waals surface area contributed by atoms with E-state index in [1.807, 2.05) is 0 Å². The molecule has 2 atom stereocenters. The minimum atomic E-state index is -0.160. The first-order chi connectivity index (χ1) is 8.10. The number of nitrogens with zero attached hydrogens (tertiary/aromatic N) is 1. The summed E-state index contributed by atoms with van der Waals surface area (Å²) in [6.45, 7) is 10.9. The Morgan fingerprint density at radius 3 is 2.06 bits per heavy atom. The zero-order valence-electron chi connectivity index (χ0n) is 12.2. The number of aliphatic hydroxyl groups is 1. The molecule has 0 saturated heterocycles. The molecule has 1 rings (SSSR count). The molecule has 0 spiro atoms. The van der Waals surface area contributed by atoms with E-state index < -0.39 is 0 Å². The fourth-order valence-electron chi connectivity index (χ4n) is 3.52. The van der Waals surface area contributed by atoms with Gasteiger partial charge in [-0.15, -0.1) is 0 Å². The molecule has 0 aromatic carbocycles. The van der Waals surface area contributed by atoms with Crippen LogP contribution in [-0.4, -0.2) is 34.7 Å². The van der Waals surface area contributed by atoms with Gasteiger partial charge < -0.3 is 5.11 Å². The Kier molecular flexibility index (Phi) is 5.94. The van der Waals surface area contributed by atoms with Crippen molar-refractivity contribution >= 4 is 0 Å². The first-order valence-corrected chi connectivity index (χ1v) is 7.53. The quantitative estimate of drug-likeness (QED) is 0.770. The van der Waals surface area contributed by atoms with E-state index in [1.54, 1.807) is 0 Å². The Labute approximate surface area is 107 Å². The molecule has 0 heterocycles. The van der Waals surface area contributed by atoms with E-state index in [1.165, 1.54) is 32.1 Å². The van der Waals surface area contributed by atoms with Crippen LogP contribution in [0.4, 0.5) is 0 Å². The Bertz CT molecular complexity index is 209. The normalized spacial score (nSPS) is 23.6. The third-order valence-electron chi connectivity index (χ3n) is 4.94. The second-order valence-electron chi connectivity index (χ2n) is 5.73. The summed E-state index contributed by atoms with van der Waals surface area (Å²) in [7, 11) is 0. The highest BCUT2D eigenvalue weighted by Gasteiger charge is 2.40. The third kappa shape index (κ3) is 3.23. The van der Waals surface area contributed by atoms with Crippen LogP contribution in [0, 0.1) is 5.92 Å². The largest absolute Gasteiger partial charge is 0.391 e. The fraction of sp³-hybridized carbons (Fsp3) is 1.00. The van der Waals surface area contributed by atoms with Gasteiger partial charge in [-0.3, -0.25) is 4.90 Å². The van der Waals surface area contributed by atoms with Crippen molar-refractivity contribution in [2.75, 3.05) is 13.1 Å². The molecule has 2 unspecified atom stereocenters. The maximum Gasteiger partial charge on any atom is 0.0749 e. The van der Waals surface area contributed by atoms with Gasteiger partial charge in [-0.25, -0.2) is 0 Å². The van der Waals surface area contributed by atoms with Crippen molar-refractivity contribution in [1.82, 2.24) is 4.90 Å². The van der Waals surface area contributed by atoms with Crippen LogP contribution in [0.5, 0.6) is 0 Å². The molecule has 0 aromatic rings. The van der Waals surface area contributed by atoms with Gasteiger partial charge >= 0.3 is 0 Å². The van der Waals surface area contributed by atoms with Crippen molar-refractivity contribution in [1.29, 1.82) is 0 Å². The molecule has 0 radical (unpaired) electrons. The Morgan fingerprint density at radius 1 is 1.12 bits per heavy atom. The molecule has 17 heavy (non-hydrogen) atoms. The lowest BCUT2D eigenvalue weighted by Crippen LogP contribution is -2.56. The summed E-state index contributed by atoms with van der Waals surface area (Å²) in [5.41, 5.74) is -0.0362. The highest BCUT2D eigenvalue weighted by atomic mass is 16.3. The molecule has 0 bridgehead atoms. The van der Waals surface area contributed by atoms with Crippen LogP contribution in [0.2, 0.25) is 0 Å². The first kappa shape index (κ1) is 15.0. The zero-order chi connectivity index (χ0) is 12.9. The van der Waals surface area contributed by atoms with Gasteiger partial charge in [0.25, 0.3) is 0 Å². The maximum atomic E-state index is 10.8. The summed E-state index contributed by atoms with van der Waals surface area (Å²) in [5, 5.41) is 10.8. The predicted octanol–water partition coefficient (Wildman–Crippen LogP) is 3.44. The van der Waals surface area contributed by atoms with Crippen molar-refractivity contribution in [3.8, 4) is 0 Å². The molecule has 0 aliphatic heterocycles. The summed E-state index contributed by atoms with van der Waals surface area (Å²) in [5.74, 6) is 0.522. The number of rotatable bonds is 6. The second kappa shape index (κ2) is 6.75. The standard InChI is InChI=1S/C15H31NO/c1-5-15(4,16(6-2)7-3)14(17)13-11-9-8-10-12-13/h13-14,17H,5-12H2,1-4H3. The molecular formula is C15H31NO. The molecule has 1 saturated carbocycles. The molecule has 1 fully saturated rings. The molecule has 1 aliphatic carbocycles. The van der Waals surface area contributed by atoms with E-state index in [0.717, 1.165) is 19.5 Å². The maximum absolute atomic E-state index is 10.8. The van der Waals surface area contributed by atoms with Gasteiger partial charge in [0, 0.05) is 5.54 Å². The lowest BCUT2D eigenvalue weighted by Gasteiger charge is -2.46. The van der Waals surface area contributed by atoms with Gasteiger partial charge in [-0.1, -0.05) is 40.0 Å². The summed E-state index contributed by atoms with van der Waals surface area (Å²) in [6, 6.07) is 0. The highest BCUT2D eigenvalue weighted by Crippen LogP contribution is 2.35. The minimum Gasteiger partial charge on any atom is -0.391 e. The minimum absolute atomic E-state index is 0.0362. The SMILES string of the molecule is CCN(CC)C(C)(CC)C(O)C1CCCCC1. The summed E-state index contributed by atoms with van der Waals surface area (Å²) in [4.78, 5) is 2.44. The van der Waals surface area contributed by atoms with E-state index in [2.05, 4.69) is 32.6 Å². The Balaban J connectivity index is 2.75. The first-order valence-electron chi connectivity index (χ1n) is 7.53. The molecule has 1 N–H and O–H groups in total. The van der Waals surface area contributed by atoms with E-state index in [-0.39, 0.29) is 11.6 Å². The molecule has 0 amide bonds. The van der Waals surface area contributed by atoms with Crippen LogP contribution in [0.3, 0.4) is 0 Å². The second-order valence-corrected chi connectivity index (χ2v) is 5.73. The van der Waals surface area contributed by atoms with Crippen molar-refractivity contribution in [3.05, 3.63) is 0 Å². The van der Waals surface area contributed by atoms with Crippen molar-refractivity contribution in [3.63, 3.8) is 0 Å². The molecule has 2 nitrogen and oxygen atoms in total. The monoisotopic (exact) mass is 241 g/mol. The van der Waals surface area contributed by atoms with Gasteiger partial charge in [0.1, 0.15) is 0 Å². The highest BCUT2D eigenvalue weighted by molar-refractivity contribution is 4.95. The smallest absolute Gasteiger partial charge is 0.0749 e. The van der Waals surface area contributed by atoms with Crippen molar-refractivity contribution in [2.24, 2.45) is 5.92 Å². The van der Waals surface area contributed by atoms with Crippen LogP contribution in [-0.2, 0) is 0 Å². The van der Waals surface area contributed by atoms with E-state index >= 15 is 0 Å². The lowest BCUT2D eigenvalue weighted by atomic mass is 9.75. The number of aliphatic hydroxyl groups excluding tert-OH is 1. The number of hydrogen-bond donors (Lipinski definition) is 1. The number of likely N-dealkylation sites (N-methyl/N-ethyl adjacent to an activating group) is 1. The van der Waals surface area contributed by atoms with Gasteiger partial charge in [-0.05, 0) is 45.2 Å². The topological polar surface area (TPSA) is 23.5 Å². The summed E-state index contributed by atoms with van der Waals surface area (Å²) in [6.07, 6.45) is 7.28. The van der Waals surface area contributed by atoms with E-state index in [9.17, 15) is 5.11 Å². The van der Waals surface area contributed by atoms with Gasteiger partial charge in [0.2, 0.25) is 0 Å². The van der Waals surface area contributed by atoms with Gasteiger partial charge in [0.15, 0.2) is 0 Å². The van der Waals surface area contributed by atoms with Crippen LogP contribution in [0.15, 0.2) is 0 Å². The summed E-state index contributed by atoms with van der Waals surface area (Å²) >= 11 is 0. The van der Waals surface area contributed by atoms with Crippen molar-refractivity contribution < 1.29 is 5.11 Å². The predicted molar refractivity (Wildman–Crippen MR) is 74.2 cm³/mol. The number of hydrogen-bond acceptors (Lipinski definition) is 2. The van der Waals surface area contributed by atoms with Gasteiger partial charge in [-0.2, -0.15) is 0 Å². The van der Waals surface area contributed by atoms with Crippen LogP contribution >= 0.6 is 0 Å². The molecular weight excluding hydrogens is 210 g/mol. The molecule has 2 heteroatoms. The fourth-order valence-corrected chi connectivity index (χ4v) is 3.52. The molecule has 102 valence electrons. The Hall–Kier alpha value is -0.0800. The van der Waals surface area contributed by atoms with Crippen LogP contribution in [0.25, 0.3) is 0 Å². The Morgan fingerprint density at radius 2 is 1.65 bits per heavy atom. The summed E-state index contributed by atoms with van der Waals surface area (Å²) < 4.78 is 0. The molecule has 1 aliphatic rings. The van der Waals surface area contributed by atoms with Crippen LogP contribution in [0.1, 0.15) is 66.2 Å². The van der Waals surface area contributed by atoms with Gasteiger partial charge in [0.05, 0.1) is 6.10 Å². The van der Waals surface area contributed by atoms with Crippen LogP contribution < -0.4 is 0 Å². The average molecular weight is 241 g/mol.